The largest absolute Gasteiger partial charge is 0.480 e. The van der Waals surface area contributed by atoms with Crippen molar-refractivity contribution in [2.45, 2.75) is 76.7 Å². The topological polar surface area (TPSA) is 116 Å². The number of aliphatic carboxylic acids is 1. The second-order valence-corrected chi connectivity index (χ2v) is 9.41. The molecule has 6 heteroatoms. The molecule has 0 amide bonds. The van der Waals surface area contributed by atoms with E-state index in [1.807, 2.05) is 12.1 Å². The molecule has 2 saturated carbocycles. The van der Waals surface area contributed by atoms with E-state index in [2.05, 4.69) is 5.32 Å². The Bertz CT molecular complexity index is 750. The number of carbonyl (C=O) groups excluding carboxylic acids is 1. The summed E-state index contributed by atoms with van der Waals surface area (Å²) in [7, 11) is 0. The number of nitrogen functional groups attached to an aromatic ring is 1. The Morgan fingerprint density at radius 3 is 2.13 bits per heavy atom. The number of nitrogens with one attached hydrogen (secondary N) is 2. The van der Waals surface area contributed by atoms with Gasteiger partial charge in [-0.2, -0.15) is 0 Å². The fourth-order valence-corrected chi connectivity index (χ4v) is 5.31. The Balaban J connectivity index is 1.74. The molecule has 5 N–H and O–H groups in total. The quantitative estimate of drug-likeness (QED) is 0.257. The van der Waals surface area contributed by atoms with Gasteiger partial charge in [0.15, 0.2) is 11.8 Å². The number of hydrogen-bond donors (Lipinski definition) is 4. The van der Waals surface area contributed by atoms with Crippen LogP contribution in [-0.2, 0) is 16.0 Å². The third-order valence-electron chi connectivity index (χ3n) is 7.17. The molecule has 3 rings (SSSR count). The summed E-state index contributed by atoms with van der Waals surface area (Å²) in [5.41, 5.74) is 7.20. The van der Waals surface area contributed by atoms with Gasteiger partial charge in [-0.15, -0.1) is 0 Å². The molecule has 0 aliphatic heterocycles. The zero-order chi connectivity index (χ0) is 22.2. The van der Waals surface area contributed by atoms with E-state index < -0.39 is 12.0 Å². The lowest BCUT2D eigenvalue weighted by Gasteiger charge is -2.32. The molecule has 2 fully saturated rings. The minimum atomic E-state index is -1.13. The lowest BCUT2D eigenvalue weighted by atomic mass is 9.74. The Morgan fingerprint density at radius 2 is 1.58 bits per heavy atom. The molecule has 0 heterocycles. The Hall–Kier alpha value is -2.21. The summed E-state index contributed by atoms with van der Waals surface area (Å²) in [5.74, 6) is -0.824. The molecule has 0 saturated heterocycles. The molecular weight excluding hydrogens is 390 g/mol. The lowest BCUT2D eigenvalue weighted by molar-refractivity contribution is -0.145. The maximum absolute atomic E-state index is 13.5. The number of carboxylic acids is 1. The van der Waals surface area contributed by atoms with Gasteiger partial charge in [-0.3, -0.25) is 20.3 Å². The zero-order valence-electron chi connectivity index (χ0n) is 18.4. The maximum Gasteiger partial charge on any atom is 0.328 e. The highest BCUT2D eigenvalue weighted by Gasteiger charge is 2.37. The number of benzene rings is 1. The van der Waals surface area contributed by atoms with Gasteiger partial charge in [-0.25, -0.2) is 0 Å². The minimum Gasteiger partial charge on any atom is -0.480 e. The summed E-state index contributed by atoms with van der Waals surface area (Å²) in [6, 6.07) is 6.29. The fraction of sp³-hybridized carbons (Fsp3) is 0.640. The molecule has 1 aromatic rings. The Morgan fingerprint density at radius 1 is 1.00 bits per heavy atom. The van der Waals surface area contributed by atoms with E-state index in [4.69, 9.17) is 11.1 Å². The molecule has 1 aromatic carbocycles. The van der Waals surface area contributed by atoms with E-state index in [0.29, 0.717) is 24.4 Å². The van der Waals surface area contributed by atoms with Crippen molar-refractivity contribution in [1.29, 1.82) is 5.41 Å². The van der Waals surface area contributed by atoms with Crippen LogP contribution in [0.15, 0.2) is 24.3 Å². The van der Waals surface area contributed by atoms with Crippen LogP contribution in [0.3, 0.4) is 0 Å². The van der Waals surface area contributed by atoms with E-state index in [9.17, 15) is 14.7 Å². The Kier molecular flexibility index (Phi) is 8.64. The number of ketones is 1. The normalized spacial score (nSPS) is 20.1. The summed E-state index contributed by atoms with van der Waals surface area (Å²) in [5, 5.41) is 20.5. The first-order chi connectivity index (χ1) is 15.0. The monoisotopic (exact) mass is 427 g/mol. The predicted molar refractivity (Wildman–Crippen MR) is 122 cm³/mol. The second-order valence-electron chi connectivity index (χ2n) is 9.41. The number of nitrogens with two attached hydrogens (primary N) is 1. The average molecular weight is 428 g/mol. The van der Waals surface area contributed by atoms with E-state index >= 15 is 0 Å². The first kappa shape index (κ1) is 23.5. The molecule has 0 bridgehead atoms. The van der Waals surface area contributed by atoms with Crippen molar-refractivity contribution in [2.75, 3.05) is 6.54 Å². The minimum absolute atomic E-state index is 0.0179. The lowest BCUT2D eigenvalue weighted by Crippen LogP contribution is -2.49. The number of carboxylic acid groups (broad SMARTS) is 1. The van der Waals surface area contributed by atoms with Gasteiger partial charge in [0, 0.05) is 11.5 Å². The third-order valence-corrected chi connectivity index (χ3v) is 7.17. The van der Waals surface area contributed by atoms with Crippen LogP contribution in [-0.4, -0.2) is 35.3 Å². The number of hydrogen-bond acceptors (Lipinski definition) is 4. The molecule has 0 aromatic heterocycles. The van der Waals surface area contributed by atoms with Gasteiger partial charge in [0.05, 0.1) is 0 Å². The molecule has 2 aliphatic rings. The van der Waals surface area contributed by atoms with Crippen molar-refractivity contribution >= 4 is 17.6 Å². The first-order valence-corrected chi connectivity index (χ1v) is 11.9. The summed E-state index contributed by atoms with van der Waals surface area (Å²) >= 11 is 0. The van der Waals surface area contributed by atoms with Crippen LogP contribution < -0.4 is 11.1 Å². The van der Waals surface area contributed by atoms with Crippen LogP contribution in [0.25, 0.3) is 0 Å². The van der Waals surface area contributed by atoms with Crippen molar-refractivity contribution < 1.29 is 14.7 Å². The van der Waals surface area contributed by atoms with Gasteiger partial charge in [0.25, 0.3) is 0 Å². The van der Waals surface area contributed by atoms with Crippen LogP contribution in [0, 0.1) is 23.2 Å². The van der Waals surface area contributed by atoms with Gasteiger partial charge in [0.2, 0.25) is 0 Å². The van der Waals surface area contributed by atoms with Gasteiger partial charge in [-0.05, 0) is 56.0 Å². The molecule has 170 valence electrons. The van der Waals surface area contributed by atoms with Gasteiger partial charge < -0.3 is 10.8 Å². The van der Waals surface area contributed by atoms with Crippen molar-refractivity contribution in [3.05, 3.63) is 35.4 Å². The molecule has 0 unspecified atom stereocenters. The number of Topliss-reactive ketones (excluding diaryl/α,β-unsaturated/α-hetero) is 1. The molecular formula is C25H37N3O3. The molecule has 2 atom stereocenters. The molecule has 2 aliphatic carbocycles. The van der Waals surface area contributed by atoms with Crippen LogP contribution in [0.4, 0.5) is 0 Å². The van der Waals surface area contributed by atoms with Crippen molar-refractivity contribution in [3.8, 4) is 0 Å². The summed E-state index contributed by atoms with van der Waals surface area (Å²) in [4.78, 5) is 25.6. The number of amidine groups is 1. The smallest absolute Gasteiger partial charge is 0.328 e. The average Bonchev–Trinajstić information content (AvgIpc) is 2.79. The fourth-order valence-electron chi connectivity index (χ4n) is 5.31. The first-order valence-electron chi connectivity index (χ1n) is 11.9. The van der Waals surface area contributed by atoms with Gasteiger partial charge >= 0.3 is 5.97 Å². The van der Waals surface area contributed by atoms with E-state index in [1.165, 1.54) is 25.7 Å². The Labute approximate surface area is 185 Å². The standard InChI is InChI=1S/C25H37N3O3/c26-24(27)20-13-11-17(12-14-20)15-21(19-9-5-2-6-10-19)23(29)22(25(30)31)28-16-18-7-3-1-4-8-18/h11-14,18-19,21-22,28H,1-10,15-16H2,(H3,26,27)(H,30,31)/t21-,22+/m1/s1. The molecule has 6 nitrogen and oxygen atoms in total. The highest BCUT2D eigenvalue weighted by Crippen LogP contribution is 2.33. The number of carbonyl (C=O) groups is 2. The maximum atomic E-state index is 13.5. The predicted octanol–water partition coefficient (Wildman–Crippen LogP) is 3.90. The van der Waals surface area contributed by atoms with Gasteiger partial charge in [0.1, 0.15) is 5.84 Å². The number of rotatable bonds is 10. The summed E-state index contributed by atoms with van der Waals surface area (Å²) in [6.45, 7) is 0.605. The van der Waals surface area contributed by atoms with Gasteiger partial charge in [-0.1, -0.05) is 62.8 Å². The zero-order valence-corrected chi connectivity index (χ0v) is 18.4. The van der Waals surface area contributed by atoms with Crippen LogP contribution in [0.2, 0.25) is 0 Å². The van der Waals surface area contributed by atoms with Crippen molar-refractivity contribution in [3.63, 3.8) is 0 Å². The summed E-state index contributed by atoms with van der Waals surface area (Å²) < 4.78 is 0. The van der Waals surface area contributed by atoms with Crippen LogP contribution >= 0.6 is 0 Å². The molecule has 0 spiro atoms. The molecule has 0 radical (unpaired) electrons. The van der Waals surface area contributed by atoms with Crippen LogP contribution in [0.5, 0.6) is 0 Å². The third kappa shape index (κ3) is 6.63. The molecule has 31 heavy (non-hydrogen) atoms. The summed E-state index contributed by atoms with van der Waals surface area (Å²) in [6.07, 6.45) is 11.8. The van der Waals surface area contributed by atoms with Crippen molar-refractivity contribution in [1.82, 2.24) is 5.32 Å². The highest BCUT2D eigenvalue weighted by atomic mass is 16.4. The van der Waals surface area contributed by atoms with Crippen molar-refractivity contribution in [2.24, 2.45) is 23.5 Å². The highest BCUT2D eigenvalue weighted by molar-refractivity contribution is 6.03. The van der Waals surface area contributed by atoms with E-state index in [-0.39, 0.29) is 23.5 Å². The van der Waals surface area contributed by atoms with E-state index in [1.54, 1.807) is 12.1 Å². The van der Waals surface area contributed by atoms with E-state index in [0.717, 1.165) is 44.1 Å². The second kappa shape index (κ2) is 11.4. The van der Waals surface area contributed by atoms with Crippen LogP contribution in [0.1, 0.15) is 75.3 Å². The SMILES string of the molecule is N=C(N)c1ccc(C[C@@H](C(=O)[C@H](NCC2CCCCC2)C(=O)O)C2CCCCC2)cc1.